The van der Waals surface area contributed by atoms with Gasteiger partial charge in [-0.15, -0.1) is 0 Å². The Morgan fingerprint density at radius 2 is 1.96 bits per heavy atom. The Balaban J connectivity index is 1.74. The van der Waals surface area contributed by atoms with Gasteiger partial charge in [0.15, 0.2) is 0 Å². The second-order valence-corrected chi connectivity index (χ2v) is 5.98. The van der Waals surface area contributed by atoms with E-state index in [2.05, 4.69) is 5.32 Å². The summed E-state index contributed by atoms with van der Waals surface area (Å²) >= 11 is 5.91. The number of ether oxygens (including phenoxy) is 2. The van der Waals surface area contributed by atoms with E-state index in [0.29, 0.717) is 30.5 Å². The summed E-state index contributed by atoms with van der Waals surface area (Å²) in [5, 5.41) is 3.50. The number of hydrogen-bond acceptors (Lipinski definition) is 3. The van der Waals surface area contributed by atoms with Gasteiger partial charge in [0, 0.05) is 25.7 Å². The van der Waals surface area contributed by atoms with Crippen LogP contribution in [0.25, 0.3) is 0 Å². The molecular formula is C19H23ClN2O3. The van der Waals surface area contributed by atoms with Gasteiger partial charge in [0.05, 0.1) is 12.6 Å². The third kappa shape index (κ3) is 6.29. The monoisotopic (exact) mass is 362 g/mol. The lowest BCUT2D eigenvalue weighted by Crippen LogP contribution is -2.41. The molecule has 2 rings (SSSR count). The van der Waals surface area contributed by atoms with Gasteiger partial charge < -0.3 is 19.7 Å². The molecular weight excluding hydrogens is 340 g/mol. The highest BCUT2D eigenvalue weighted by Gasteiger charge is 2.14. The van der Waals surface area contributed by atoms with E-state index in [9.17, 15) is 4.79 Å². The molecule has 134 valence electrons. The van der Waals surface area contributed by atoms with Gasteiger partial charge in [-0.05, 0) is 23.8 Å². The summed E-state index contributed by atoms with van der Waals surface area (Å²) in [4.78, 5) is 13.7. The number of amides is 2. The molecule has 0 aromatic heterocycles. The zero-order chi connectivity index (χ0) is 18.1. The zero-order valence-corrected chi connectivity index (χ0v) is 15.2. The minimum Gasteiger partial charge on any atom is -0.492 e. The van der Waals surface area contributed by atoms with Gasteiger partial charge in [-0.2, -0.15) is 0 Å². The van der Waals surface area contributed by atoms with Crippen LogP contribution in [0.1, 0.15) is 11.7 Å². The molecule has 5 nitrogen and oxygen atoms in total. The average molecular weight is 363 g/mol. The molecule has 1 N–H and O–H groups in total. The molecule has 2 amide bonds. The molecule has 6 heteroatoms. The van der Waals surface area contributed by atoms with Crippen molar-refractivity contribution in [1.82, 2.24) is 10.2 Å². The number of rotatable bonds is 8. The van der Waals surface area contributed by atoms with Crippen LogP contribution in [0.15, 0.2) is 54.6 Å². The molecule has 0 aliphatic heterocycles. The molecule has 0 bridgehead atoms. The van der Waals surface area contributed by atoms with Crippen LogP contribution in [0.5, 0.6) is 5.75 Å². The number of benzene rings is 2. The number of carbonyl (C=O) groups is 1. The smallest absolute Gasteiger partial charge is 0.317 e. The van der Waals surface area contributed by atoms with Gasteiger partial charge in [-0.25, -0.2) is 4.79 Å². The minimum atomic E-state index is -0.179. The summed E-state index contributed by atoms with van der Waals surface area (Å²) in [6, 6.07) is 16.8. The van der Waals surface area contributed by atoms with Crippen molar-refractivity contribution in [2.24, 2.45) is 0 Å². The molecule has 2 aromatic carbocycles. The number of nitrogens with one attached hydrogen (secondary N) is 1. The average Bonchev–Trinajstić information content (AvgIpc) is 2.63. The van der Waals surface area contributed by atoms with E-state index in [1.807, 2.05) is 42.5 Å². The molecule has 25 heavy (non-hydrogen) atoms. The van der Waals surface area contributed by atoms with Crippen LogP contribution in [0, 0.1) is 0 Å². The van der Waals surface area contributed by atoms with Gasteiger partial charge in [-0.1, -0.05) is 48.0 Å². The van der Waals surface area contributed by atoms with Crippen LogP contribution in [0.3, 0.4) is 0 Å². The fourth-order valence-electron chi connectivity index (χ4n) is 2.28. The minimum absolute atomic E-state index is 0.173. The third-order valence-corrected chi connectivity index (χ3v) is 3.97. The van der Waals surface area contributed by atoms with Crippen LogP contribution in [0.2, 0.25) is 5.02 Å². The summed E-state index contributed by atoms with van der Waals surface area (Å²) in [5.41, 5.74) is 1.03. The number of nitrogens with zero attached hydrogens (tertiary/aromatic N) is 1. The first-order chi connectivity index (χ1) is 12.1. The molecule has 0 saturated carbocycles. The normalized spacial score (nSPS) is 11.6. The van der Waals surface area contributed by atoms with Crippen molar-refractivity contribution in [1.29, 1.82) is 0 Å². The van der Waals surface area contributed by atoms with Crippen LogP contribution < -0.4 is 10.1 Å². The molecule has 2 aromatic rings. The molecule has 0 aliphatic rings. The van der Waals surface area contributed by atoms with Crippen molar-refractivity contribution in [2.75, 3.05) is 33.9 Å². The van der Waals surface area contributed by atoms with Crippen LogP contribution >= 0.6 is 11.6 Å². The number of halogens is 1. The largest absolute Gasteiger partial charge is 0.492 e. The molecule has 0 spiro atoms. The van der Waals surface area contributed by atoms with Gasteiger partial charge in [-0.3, -0.25) is 0 Å². The van der Waals surface area contributed by atoms with Crippen LogP contribution in [0.4, 0.5) is 4.79 Å². The molecule has 0 saturated heterocycles. The molecule has 0 radical (unpaired) electrons. The maximum absolute atomic E-state index is 12.2. The fourth-order valence-corrected chi connectivity index (χ4v) is 2.46. The third-order valence-electron chi connectivity index (χ3n) is 3.73. The number of methoxy groups -OCH3 is 1. The molecule has 1 atom stereocenters. The first kappa shape index (κ1) is 19.1. The van der Waals surface area contributed by atoms with Gasteiger partial charge in [0.2, 0.25) is 0 Å². The molecule has 1 unspecified atom stereocenters. The Morgan fingerprint density at radius 3 is 2.64 bits per heavy atom. The summed E-state index contributed by atoms with van der Waals surface area (Å²) in [5.74, 6) is 0.685. The van der Waals surface area contributed by atoms with Crippen LogP contribution in [-0.4, -0.2) is 44.8 Å². The summed E-state index contributed by atoms with van der Waals surface area (Å²) in [6.45, 7) is 1.25. The van der Waals surface area contributed by atoms with E-state index < -0.39 is 0 Å². The van der Waals surface area contributed by atoms with Crippen molar-refractivity contribution in [3.63, 3.8) is 0 Å². The van der Waals surface area contributed by atoms with Crippen molar-refractivity contribution in [3.8, 4) is 5.75 Å². The van der Waals surface area contributed by atoms with Gasteiger partial charge in [0.1, 0.15) is 12.4 Å². The summed E-state index contributed by atoms with van der Waals surface area (Å²) in [6.07, 6.45) is -0.179. The van der Waals surface area contributed by atoms with E-state index in [-0.39, 0.29) is 12.1 Å². The van der Waals surface area contributed by atoms with Crippen LogP contribution in [-0.2, 0) is 4.74 Å². The Hall–Kier alpha value is -2.24. The fraction of sp³-hybridized carbons (Fsp3) is 0.316. The Bertz CT molecular complexity index is 667. The first-order valence-corrected chi connectivity index (χ1v) is 8.43. The van der Waals surface area contributed by atoms with Gasteiger partial charge in [0.25, 0.3) is 0 Å². The van der Waals surface area contributed by atoms with E-state index in [1.165, 1.54) is 0 Å². The SMILES string of the molecule is COC(CNC(=O)N(C)CCOc1cccc(Cl)c1)c1ccccc1. The summed E-state index contributed by atoms with van der Waals surface area (Å²) in [7, 11) is 3.35. The zero-order valence-electron chi connectivity index (χ0n) is 14.4. The predicted molar refractivity (Wildman–Crippen MR) is 99.2 cm³/mol. The van der Waals surface area contributed by atoms with Gasteiger partial charge >= 0.3 is 6.03 Å². The van der Waals surface area contributed by atoms with Crippen molar-refractivity contribution >= 4 is 17.6 Å². The van der Waals surface area contributed by atoms with E-state index in [4.69, 9.17) is 21.1 Å². The maximum Gasteiger partial charge on any atom is 0.317 e. The Labute approximate surface area is 153 Å². The first-order valence-electron chi connectivity index (χ1n) is 8.05. The van der Waals surface area contributed by atoms with E-state index in [0.717, 1.165) is 5.56 Å². The highest BCUT2D eigenvalue weighted by Crippen LogP contribution is 2.17. The lowest BCUT2D eigenvalue weighted by atomic mass is 10.1. The number of carbonyl (C=O) groups excluding carboxylic acids is 1. The lowest BCUT2D eigenvalue weighted by Gasteiger charge is -2.21. The Morgan fingerprint density at radius 1 is 1.20 bits per heavy atom. The highest BCUT2D eigenvalue weighted by atomic mass is 35.5. The van der Waals surface area contributed by atoms with E-state index in [1.54, 1.807) is 31.2 Å². The van der Waals surface area contributed by atoms with Crippen molar-refractivity contribution in [3.05, 3.63) is 65.2 Å². The Kier molecular flexibility index (Phi) is 7.57. The second kappa shape index (κ2) is 9.91. The lowest BCUT2D eigenvalue weighted by molar-refractivity contribution is 0.102. The second-order valence-electron chi connectivity index (χ2n) is 5.55. The standard InChI is InChI=1S/C19H23ClN2O3/c1-22(11-12-25-17-10-6-9-16(20)13-17)19(23)21-14-18(24-2)15-7-4-3-5-8-15/h3-10,13,18H,11-12,14H2,1-2H3,(H,21,23). The number of hydrogen-bond donors (Lipinski definition) is 1. The molecule has 0 fully saturated rings. The highest BCUT2D eigenvalue weighted by molar-refractivity contribution is 6.30. The number of likely N-dealkylation sites (N-methyl/N-ethyl adjacent to an activating group) is 1. The topological polar surface area (TPSA) is 50.8 Å². The maximum atomic E-state index is 12.2. The molecule has 0 aliphatic carbocycles. The predicted octanol–water partition coefficient (Wildman–Crippen LogP) is 3.75. The van der Waals surface area contributed by atoms with E-state index >= 15 is 0 Å². The number of urea groups is 1. The van der Waals surface area contributed by atoms with Crippen molar-refractivity contribution < 1.29 is 14.3 Å². The summed E-state index contributed by atoms with van der Waals surface area (Å²) < 4.78 is 11.0. The quantitative estimate of drug-likeness (QED) is 0.778. The molecule has 0 heterocycles. The van der Waals surface area contributed by atoms with Crippen molar-refractivity contribution in [2.45, 2.75) is 6.10 Å².